The van der Waals surface area contributed by atoms with Gasteiger partial charge in [-0.1, -0.05) is 5.16 Å². The Bertz CT molecular complexity index is 784. The minimum Gasteiger partial charge on any atom is -0.492 e. The number of hydrogen-bond donors (Lipinski definition) is 0. The number of ether oxygens (including phenoxy) is 1. The smallest absolute Gasteiger partial charge is 0.179 e. The van der Waals surface area contributed by atoms with Crippen LogP contribution in [0.5, 0.6) is 11.5 Å². The van der Waals surface area contributed by atoms with Crippen molar-refractivity contribution in [2.45, 2.75) is 39.7 Å². The molecule has 2 aromatic rings. The van der Waals surface area contributed by atoms with Crippen molar-refractivity contribution in [3.05, 3.63) is 41.2 Å². The molecule has 6 heteroatoms. The summed E-state index contributed by atoms with van der Waals surface area (Å²) in [5, 5.41) is 17.9. The predicted molar refractivity (Wildman–Crippen MR) is 90.3 cm³/mol. The monoisotopic (exact) mass is 324 g/mol. The Morgan fingerprint density at radius 2 is 2.33 bits per heavy atom. The van der Waals surface area contributed by atoms with Crippen LogP contribution in [0.3, 0.4) is 0 Å². The van der Waals surface area contributed by atoms with Gasteiger partial charge in [-0.05, 0) is 50.8 Å². The first-order chi connectivity index (χ1) is 11.7. The molecule has 0 saturated carbocycles. The predicted octanol–water partition coefficient (Wildman–Crippen LogP) is 3.29. The van der Waals surface area contributed by atoms with Crippen molar-refractivity contribution in [2.24, 2.45) is 5.16 Å². The van der Waals surface area contributed by atoms with Gasteiger partial charge in [0, 0.05) is 18.0 Å². The second-order valence-electron chi connectivity index (χ2n) is 5.97. The van der Waals surface area contributed by atoms with Gasteiger partial charge in [-0.2, -0.15) is 10.4 Å². The number of nitrogens with zero attached hydrogens (tertiary/aromatic N) is 4. The number of nitriles is 1. The molecule has 0 fully saturated rings. The van der Waals surface area contributed by atoms with Gasteiger partial charge in [-0.3, -0.25) is 4.68 Å². The summed E-state index contributed by atoms with van der Waals surface area (Å²) in [6, 6.07) is 6.00. The molecule has 6 nitrogen and oxygen atoms in total. The Hall–Kier alpha value is -2.81. The van der Waals surface area contributed by atoms with Gasteiger partial charge in [-0.15, -0.1) is 0 Å². The third-order valence-corrected chi connectivity index (χ3v) is 3.84. The van der Waals surface area contributed by atoms with Crippen LogP contribution < -0.4 is 9.57 Å². The summed E-state index contributed by atoms with van der Waals surface area (Å²) in [5.41, 5.74) is 3.32. The van der Waals surface area contributed by atoms with Gasteiger partial charge in [-0.25, -0.2) is 0 Å². The molecule has 0 bridgehead atoms. The fourth-order valence-corrected chi connectivity index (χ4v) is 2.77. The van der Waals surface area contributed by atoms with E-state index in [9.17, 15) is 5.26 Å². The third kappa shape index (κ3) is 3.40. The second kappa shape index (κ2) is 7.18. The Labute approximate surface area is 141 Å². The molecular weight excluding hydrogens is 304 g/mol. The van der Waals surface area contributed by atoms with Gasteiger partial charge in [0.15, 0.2) is 5.75 Å². The molecule has 1 aliphatic heterocycles. The van der Waals surface area contributed by atoms with Gasteiger partial charge in [0.1, 0.15) is 17.4 Å². The Kier molecular flexibility index (Phi) is 4.80. The maximum Gasteiger partial charge on any atom is 0.179 e. The minimum atomic E-state index is 0.418. The fraction of sp³-hybridized carbons (Fsp3) is 0.389. The van der Waals surface area contributed by atoms with E-state index in [-0.39, 0.29) is 0 Å². The standard InChI is InChI=1S/C18H20N4O2/c1-13(2)21-24-17-10-14(12-22-8-5-7-20-22)15-6-3-4-9-23-18(15)16(17)11-19/h5,7-8,10H,3-4,6,9,12H2,1-2H3. The fourth-order valence-electron chi connectivity index (χ4n) is 2.77. The number of rotatable bonds is 4. The summed E-state index contributed by atoms with van der Waals surface area (Å²) in [6.45, 7) is 4.91. The molecule has 0 amide bonds. The largest absolute Gasteiger partial charge is 0.492 e. The van der Waals surface area contributed by atoms with Crippen LogP contribution in [0.1, 0.15) is 43.4 Å². The molecule has 0 saturated heterocycles. The first-order valence-electron chi connectivity index (χ1n) is 8.06. The molecule has 124 valence electrons. The van der Waals surface area contributed by atoms with Crippen molar-refractivity contribution in [1.29, 1.82) is 5.26 Å². The molecule has 0 unspecified atom stereocenters. The van der Waals surface area contributed by atoms with Crippen molar-refractivity contribution < 1.29 is 9.57 Å². The highest BCUT2D eigenvalue weighted by atomic mass is 16.6. The zero-order chi connectivity index (χ0) is 16.9. The van der Waals surface area contributed by atoms with Crippen LogP contribution in [0, 0.1) is 11.3 Å². The summed E-state index contributed by atoms with van der Waals surface area (Å²) in [5.74, 6) is 1.07. The highest BCUT2D eigenvalue weighted by Gasteiger charge is 2.23. The van der Waals surface area contributed by atoms with Crippen molar-refractivity contribution in [2.75, 3.05) is 6.61 Å². The van der Waals surface area contributed by atoms with E-state index in [1.807, 2.05) is 36.9 Å². The average Bonchev–Trinajstić information content (AvgIpc) is 2.95. The molecule has 0 atom stereocenters. The first kappa shape index (κ1) is 16.1. The lowest BCUT2D eigenvalue weighted by Gasteiger charge is -2.16. The molecular formula is C18H20N4O2. The van der Waals surface area contributed by atoms with Gasteiger partial charge in [0.05, 0.1) is 18.9 Å². The molecule has 24 heavy (non-hydrogen) atoms. The number of aromatic nitrogens is 2. The molecule has 0 aliphatic carbocycles. The highest BCUT2D eigenvalue weighted by Crippen LogP contribution is 2.38. The number of fused-ring (bicyclic) bond motifs is 1. The van der Waals surface area contributed by atoms with Crippen LogP contribution in [0.4, 0.5) is 0 Å². The van der Waals surface area contributed by atoms with E-state index in [1.165, 1.54) is 0 Å². The molecule has 2 heterocycles. The molecule has 1 aromatic heterocycles. The topological polar surface area (TPSA) is 72.4 Å². The maximum atomic E-state index is 9.60. The molecule has 1 aromatic carbocycles. The lowest BCUT2D eigenvalue weighted by Crippen LogP contribution is -2.07. The van der Waals surface area contributed by atoms with E-state index in [0.29, 0.717) is 30.2 Å². The summed E-state index contributed by atoms with van der Waals surface area (Å²) in [4.78, 5) is 5.51. The summed E-state index contributed by atoms with van der Waals surface area (Å²) in [7, 11) is 0. The molecule has 0 radical (unpaired) electrons. The first-order valence-corrected chi connectivity index (χ1v) is 8.06. The van der Waals surface area contributed by atoms with Crippen molar-refractivity contribution in [3.63, 3.8) is 0 Å². The zero-order valence-corrected chi connectivity index (χ0v) is 14.0. The average molecular weight is 324 g/mol. The Morgan fingerprint density at radius 3 is 3.04 bits per heavy atom. The van der Waals surface area contributed by atoms with Crippen LogP contribution in [-0.2, 0) is 13.0 Å². The summed E-state index contributed by atoms with van der Waals surface area (Å²) in [6.07, 6.45) is 6.56. The Morgan fingerprint density at radius 1 is 1.46 bits per heavy atom. The van der Waals surface area contributed by atoms with Crippen molar-refractivity contribution in [1.82, 2.24) is 9.78 Å². The van der Waals surface area contributed by atoms with E-state index in [2.05, 4.69) is 16.3 Å². The van der Waals surface area contributed by atoms with Crippen molar-refractivity contribution in [3.8, 4) is 17.6 Å². The summed E-state index contributed by atoms with van der Waals surface area (Å²) < 4.78 is 7.75. The quantitative estimate of drug-likeness (QED) is 0.639. The third-order valence-electron chi connectivity index (χ3n) is 3.84. The molecule has 3 rings (SSSR count). The Balaban J connectivity index is 2.10. The van der Waals surface area contributed by atoms with E-state index in [1.54, 1.807) is 6.20 Å². The molecule has 1 aliphatic rings. The number of hydrogen-bond acceptors (Lipinski definition) is 5. The van der Waals surface area contributed by atoms with E-state index in [4.69, 9.17) is 9.57 Å². The van der Waals surface area contributed by atoms with Crippen LogP contribution >= 0.6 is 0 Å². The van der Waals surface area contributed by atoms with Gasteiger partial charge in [0.25, 0.3) is 0 Å². The maximum absolute atomic E-state index is 9.60. The zero-order valence-electron chi connectivity index (χ0n) is 14.0. The van der Waals surface area contributed by atoms with Crippen LogP contribution in [-0.4, -0.2) is 22.1 Å². The SMILES string of the molecule is CC(C)=NOc1cc(Cn2cccn2)c2c(c1C#N)OCCCC2. The number of benzene rings is 1. The van der Waals surface area contributed by atoms with Gasteiger partial charge < -0.3 is 9.57 Å². The highest BCUT2D eigenvalue weighted by molar-refractivity contribution is 5.78. The minimum absolute atomic E-state index is 0.418. The van der Waals surface area contributed by atoms with Crippen LogP contribution in [0.15, 0.2) is 29.7 Å². The number of oxime groups is 1. The molecule has 0 N–H and O–H groups in total. The lowest BCUT2D eigenvalue weighted by atomic mass is 9.97. The van der Waals surface area contributed by atoms with Crippen LogP contribution in [0.2, 0.25) is 0 Å². The van der Waals surface area contributed by atoms with Crippen molar-refractivity contribution >= 4 is 5.71 Å². The van der Waals surface area contributed by atoms with E-state index in [0.717, 1.165) is 36.1 Å². The van der Waals surface area contributed by atoms with Gasteiger partial charge >= 0.3 is 0 Å². The van der Waals surface area contributed by atoms with Gasteiger partial charge in [0.2, 0.25) is 0 Å². The normalized spacial score (nSPS) is 13.2. The molecule has 0 spiro atoms. The summed E-state index contributed by atoms with van der Waals surface area (Å²) >= 11 is 0. The second-order valence-corrected chi connectivity index (χ2v) is 5.97. The van der Waals surface area contributed by atoms with Crippen LogP contribution in [0.25, 0.3) is 0 Å². The van der Waals surface area contributed by atoms with E-state index < -0.39 is 0 Å². The lowest BCUT2D eigenvalue weighted by molar-refractivity contribution is 0.306. The van der Waals surface area contributed by atoms with E-state index >= 15 is 0 Å².